The maximum atomic E-state index is 12.8. The summed E-state index contributed by atoms with van der Waals surface area (Å²) < 4.78 is 5.74. The number of hydrogen-bond donors (Lipinski definition) is 0. The van der Waals surface area contributed by atoms with E-state index in [2.05, 4.69) is 17.5 Å². The van der Waals surface area contributed by atoms with Crippen molar-refractivity contribution in [3.63, 3.8) is 0 Å². The molecule has 2 amide bonds. The molecule has 1 aromatic heterocycles. The third-order valence-electron chi connectivity index (χ3n) is 6.04. The Morgan fingerprint density at radius 2 is 1.70 bits per heavy atom. The number of amides is 2. The van der Waals surface area contributed by atoms with Gasteiger partial charge < -0.3 is 14.5 Å². The first-order valence-corrected chi connectivity index (χ1v) is 11.3. The van der Waals surface area contributed by atoms with E-state index in [0.29, 0.717) is 37.8 Å². The molecule has 2 heterocycles. The molecule has 154 valence electrons. The maximum absolute atomic E-state index is 12.8. The van der Waals surface area contributed by atoms with Crippen LogP contribution in [0.5, 0.6) is 5.75 Å². The summed E-state index contributed by atoms with van der Waals surface area (Å²) in [6, 6.07) is 18.1. The minimum Gasteiger partial charge on any atom is -0.484 e. The highest BCUT2D eigenvalue weighted by Gasteiger charge is 2.46. The Morgan fingerprint density at radius 1 is 0.933 bits per heavy atom. The van der Waals surface area contributed by atoms with E-state index in [4.69, 9.17) is 4.74 Å². The van der Waals surface area contributed by atoms with Crippen LogP contribution in [0.3, 0.4) is 0 Å². The zero-order valence-electron chi connectivity index (χ0n) is 16.7. The molecule has 5 rings (SSSR count). The molecule has 1 saturated heterocycles. The fourth-order valence-corrected chi connectivity index (χ4v) is 5.10. The molecule has 5 nitrogen and oxygen atoms in total. The van der Waals surface area contributed by atoms with E-state index >= 15 is 0 Å². The molecule has 0 radical (unpaired) electrons. The van der Waals surface area contributed by atoms with Gasteiger partial charge in [0.1, 0.15) is 5.75 Å². The lowest BCUT2D eigenvalue weighted by Crippen LogP contribution is -2.52. The molecule has 1 aliphatic carbocycles. The highest BCUT2D eigenvalue weighted by atomic mass is 32.1. The first-order chi connectivity index (χ1) is 14.7. The Kier molecular flexibility index (Phi) is 5.17. The van der Waals surface area contributed by atoms with Gasteiger partial charge in [-0.3, -0.25) is 9.59 Å². The van der Waals surface area contributed by atoms with Crippen molar-refractivity contribution in [2.45, 2.75) is 12.3 Å². The number of thiophene rings is 1. The molecule has 0 spiro atoms. The largest absolute Gasteiger partial charge is 0.484 e. The summed E-state index contributed by atoms with van der Waals surface area (Å²) >= 11 is 1.73. The lowest BCUT2D eigenvalue weighted by molar-refractivity contribution is -0.141. The van der Waals surface area contributed by atoms with Crippen LogP contribution in [0.4, 0.5) is 0 Å². The van der Waals surface area contributed by atoms with Crippen molar-refractivity contribution in [2.24, 2.45) is 5.92 Å². The normalized spacial score (nSPS) is 20.9. The van der Waals surface area contributed by atoms with Crippen LogP contribution in [0.25, 0.3) is 10.8 Å². The number of carbonyl (C=O) groups excluding carboxylic acids is 2. The molecule has 2 unspecified atom stereocenters. The molecule has 0 N–H and O–H groups in total. The number of carbonyl (C=O) groups is 2. The van der Waals surface area contributed by atoms with E-state index in [9.17, 15) is 9.59 Å². The van der Waals surface area contributed by atoms with Crippen LogP contribution < -0.4 is 4.74 Å². The molecule has 6 heteroatoms. The van der Waals surface area contributed by atoms with Crippen molar-refractivity contribution in [2.75, 3.05) is 32.8 Å². The van der Waals surface area contributed by atoms with E-state index in [1.54, 1.807) is 16.2 Å². The van der Waals surface area contributed by atoms with Crippen LogP contribution >= 0.6 is 11.3 Å². The van der Waals surface area contributed by atoms with E-state index in [-0.39, 0.29) is 24.3 Å². The van der Waals surface area contributed by atoms with Crippen LogP contribution in [0.2, 0.25) is 0 Å². The average Bonchev–Trinajstić information content (AvgIpc) is 3.41. The first-order valence-electron chi connectivity index (χ1n) is 10.4. The second-order valence-electron chi connectivity index (χ2n) is 7.97. The number of benzene rings is 2. The lowest BCUT2D eigenvalue weighted by Gasteiger charge is -2.35. The van der Waals surface area contributed by atoms with E-state index in [1.165, 1.54) is 4.88 Å². The summed E-state index contributed by atoms with van der Waals surface area (Å²) in [7, 11) is 0. The zero-order valence-corrected chi connectivity index (χ0v) is 17.5. The molecule has 2 aliphatic rings. The van der Waals surface area contributed by atoms with Gasteiger partial charge in [0, 0.05) is 42.9 Å². The third kappa shape index (κ3) is 3.92. The number of fused-ring (bicyclic) bond motifs is 1. The first kappa shape index (κ1) is 19.1. The van der Waals surface area contributed by atoms with Crippen LogP contribution in [-0.2, 0) is 9.59 Å². The summed E-state index contributed by atoms with van der Waals surface area (Å²) in [6.07, 6.45) is 0.956. The Hall–Kier alpha value is -2.86. The Labute approximate surface area is 179 Å². The summed E-state index contributed by atoms with van der Waals surface area (Å²) in [4.78, 5) is 30.4. The topological polar surface area (TPSA) is 49.9 Å². The Morgan fingerprint density at radius 3 is 2.47 bits per heavy atom. The monoisotopic (exact) mass is 420 g/mol. The summed E-state index contributed by atoms with van der Waals surface area (Å²) in [6.45, 7) is 2.38. The van der Waals surface area contributed by atoms with Crippen LogP contribution in [0, 0.1) is 5.92 Å². The molecule has 3 aromatic rings. The fourth-order valence-electron chi connectivity index (χ4n) is 4.19. The van der Waals surface area contributed by atoms with Crippen molar-refractivity contribution < 1.29 is 14.3 Å². The minimum atomic E-state index is -0.0295. The smallest absolute Gasteiger partial charge is 0.260 e. The average molecular weight is 421 g/mol. The third-order valence-corrected chi connectivity index (χ3v) is 7.05. The predicted molar refractivity (Wildman–Crippen MR) is 118 cm³/mol. The van der Waals surface area contributed by atoms with Crippen LogP contribution in [-0.4, -0.2) is 54.4 Å². The molecule has 2 aromatic carbocycles. The minimum absolute atomic E-state index is 0.0232. The molecule has 0 bridgehead atoms. The summed E-state index contributed by atoms with van der Waals surface area (Å²) in [5, 5.41) is 4.31. The van der Waals surface area contributed by atoms with Gasteiger partial charge in [-0.05, 0) is 40.8 Å². The van der Waals surface area contributed by atoms with Crippen molar-refractivity contribution in [3.05, 3.63) is 64.9 Å². The number of piperazine rings is 1. The number of ether oxygens (including phenoxy) is 1. The van der Waals surface area contributed by atoms with Gasteiger partial charge in [0.25, 0.3) is 5.91 Å². The quantitative estimate of drug-likeness (QED) is 0.632. The lowest BCUT2D eigenvalue weighted by atomic mass is 10.1. The number of hydrogen-bond acceptors (Lipinski definition) is 4. The number of nitrogens with zero attached hydrogens (tertiary/aromatic N) is 2. The molecule has 1 saturated carbocycles. The SMILES string of the molecule is O=C(COc1ccc2ccccc2c1)N1CCN(C(=O)C2CC2c2cccs2)CC1. The van der Waals surface area contributed by atoms with Crippen molar-refractivity contribution in [1.82, 2.24) is 9.80 Å². The van der Waals surface area contributed by atoms with Gasteiger partial charge in [0.2, 0.25) is 5.91 Å². The molecular formula is C24H24N2O3S. The highest BCUT2D eigenvalue weighted by Crippen LogP contribution is 2.50. The van der Waals surface area contributed by atoms with Gasteiger partial charge in [0.15, 0.2) is 6.61 Å². The van der Waals surface area contributed by atoms with Gasteiger partial charge in [0.05, 0.1) is 0 Å². The molecule has 2 fully saturated rings. The Balaban J connectivity index is 1.10. The van der Waals surface area contributed by atoms with Gasteiger partial charge in [-0.15, -0.1) is 11.3 Å². The van der Waals surface area contributed by atoms with E-state index < -0.39 is 0 Å². The van der Waals surface area contributed by atoms with Crippen LogP contribution in [0.1, 0.15) is 17.2 Å². The molecule has 1 aliphatic heterocycles. The number of rotatable bonds is 5. The van der Waals surface area contributed by atoms with Gasteiger partial charge in [-0.1, -0.05) is 36.4 Å². The van der Waals surface area contributed by atoms with Gasteiger partial charge in [-0.25, -0.2) is 0 Å². The molecule has 30 heavy (non-hydrogen) atoms. The Bertz CT molecular complexity index is 1060. The van der Waals surface area contributed by atoms with Gasteiger partial charge in [-0.2, -0.15) is 0 Å². The second kappa shape index (κ2) is 8.11. The van der Waals surface area contributed by atoms with Crippen LogP contribution in [0.15, 0.2) is 60.0 Å². The van der Waals surface area contributed by atoms with E-state index in [1.807, 2.05) is 47.4 Å². The fraction of sp³-hybridized carbons (Fsp3) is 0.333. The van der Waals surface area contributed by atoms with Gasteiger partial charge >= 0.3 is 0 Å². The maximum Gasteiger partial charge on any atom is 0.260 e. The molecular weight excluding hydrogens is 396 g/mol. The van der Waals surface area contributed by atoms with E-state index in [0.717, 1.165) is 17.2 Å². The standard InChI is InChI=1S/C24H24N2O3S/c27-23(16-29-19-8-7-17-4-1-2-5-18(17)14-19)25-9-11-26(12-10-25)24(28)21-15-20(21)22-6-3-13-30-22/h1-8,13-14,20-21H,9-12,15-16H2. The zero-order chi connectivity index (χ0) is 20.5. The summed E-state index contributed by atoms with van der Waals surface area (Å²) in [5.41, 5.74) is 0. The predicted octanol–water partition coefficient (Wildman–Crippen LogP) is 3.75. The van der Waals surface area contributed by atoms with Crippen molar-refractivity contribution in [1.29, 1.82) is 0 Å². The van der Waals surface area contributed by atoms with Crippen molar-refractivity contribution in [3.8, 4) is 5.75 Å². The molecule has 2 atom stereocenters. The summed E-state index contributed by atoms with van der Waals surface area (Å²) in [5.74, 6) is 1.44. The second-order valence-corrected chi connectivity index (χ2v) is 8.95. The van der Waals surface area contributed by atoms with Crippen molar-refractivity contribution >= 4 is 33.9 Å². The highest BCUT2D eigenvalue weighted by molar-refractivity contribution is 7.10.